The molecule has 1 amide bonds. The Bertz CT molecular complexity index is 957. The van der Waals surface area contributed by atoms with E-state index in [2.05, 4.69) is 5.32 Å². The molecule has 0 saturated carbocycles. The minimum absolute atomic E-state index is 0.0314. The van der Waals surface area contributed by atoms with E-state index in [0.29, 0.717) is 23.4 Å². The Hall–Kier alpha value is -3.61. The molecule has 2 aromatic carbocycles. The SMILES string of the molecule is CCCOC(=O)c1ccc(NC(=O)COC(=O)c2cc3ccccc3o2)cc1. The quantitative estimate of drug-likeness (QED) is 0.626. The van der Waals surface area contributed by atoms with Crippen molar-refractivity contribution in [1.29, 1.82) is 0 Å². The van der Waals surface area contributed by atoms with Crippen LogP contribution >= 0.6 is 0 Å². The minimum atomic E-state index is -0.722. The van der Waals surface area contributed by atoms with Crippen LogP contribution in [0.5, 0.6) is 0 Å². The summed E-state index contributed by atoms with van der Waals surface area (Å²) in [5, 5.41) is 3.36. The van der Waals surface area contributed by atoms with Gasteiger partial charge >= 0.3 is 11.9 Å². The average Bonchev–Trinajstić information content (AvgIpc) is 3.15. The first-order valence-electron chi connectivity index (χ1n) is 8.79. The van der Waals surface area contributed by atoms with E-state index in [4.69, 9.17) is 13.9 Å². The maximum Gasteiger partial charge on any atom is 0.374 e. The van der Waals surface area contributed by atoms with Crippen LogP contribution in [0.15, 0.2) is 59.0 Å². The molecule has 0 aliphatic carbocycles. The van der Waals surface area contributed by atoms with E-state index in [1.807, 2.05) is 19.1 Å². The van der Waals surface area contributed by atoms with Gasteiger partial charge in [-0.05, 0) is 42.8 Å². The first-order valence-corrected chi connectivity index (χ1v) is 8.79. The van der Waals surface area contributed by atoms with Crippen molar-refractivity contribution in [2.45, 2.75) is 13.3 Å². The predicted molar refractivity (Wildman–Crippen MR) is 102 cm³/mol. The molecular weight excluding hydrogens is 362 g/mol. The maximum absolute atomic E-state index is 12.0. The predicted octanol–water partition coefficient (Wildman–Crippen LogP) is 3.80. The second-order valence-corrected chi connectivity index (χ2v) is 5.99. The Morgan fingerprint density at radius 1 is 0.964 bits per heavy atom. The van der Waals surface area contributed by atoms with Crippen LogP contribution in [0.3, 0.4) is 0 Å². The number of ether oxygens (including phenoxy) is 2. The average molecular weight is 381 g/mol. The molecule has 0 unspecified atom stereocenters. The fraction of sp³-hybridized carbons (Fsp3) is 0.190. The number of benzene rings is 2. The van der Waals surface area contributed by atoms with E-state index in [9.17, 15) is 14.4 Å². The molecule has 0 aliphatic rings. The van der Waals surface area contributed by atoms with E-state index in [0.717, 1.165) is 11.8 Å². The van der Waals surface area contributed by atoms with E-state index >= 15 is 0 Å². The number of esters is 2. The number of nitrogens with one attached hydrogen (secondary N) is 1. The molecule has 0 saturated heterocycles. The van der Waals surface area contributed by atoms with Gasteiger partial charge in [-0.2, -0.15) is 0 Å². The highest BCUT2D eigenvalue weighted by Gasteiger charge is 2.15. The van der Waals surface area contributed by atoms with Crippen molar-refractivity contribution in [3.05, 3.63) is 65.9 Å². The summed E-state index contributed by atoms with van der Waals surface area (Å²) in [6, 6.07) is 15.0. The van der Waals surface area contributed by atoms with Crippen molar-refractivity contribution in [2.24, 2.45) is 0 Å². The highest BCUT2D eigenvalue weighted by Crippen LogP contribution is 2.19. The lowest BCUT2D eigenvalue weighted by atomic mass is 10.2. The monoisotopic (exact) mass is 381 g/mol. The van der Waals surface area contributed by atoms with Crippen LogP contribution in [0.4, 0.5) is 5.69 Å². The van der Waals surface area contributed by atoms with Crippen molar-refractivity contribution < 1.29 is 28.3 Å². The summed E-state index contributed by atoms with van der Waals surface area (Å²) in [6.07, 6.45) is 0.743. The summed E-state index contributed by atoms with van der Waals surface area (Å²) in [4.78, 5) is 35.7. The molecule has 28 heavy (non-hydrogen) atoms. The Kier molecular flexibility index (Phi) is 6.06. The van der Waals surface area contributed by atoms with Crippen LogP contribution < -0.4 is 5.32 Å². The third-order valence-electron chi connectivity index (χ3n) is 3.80. The normalized spacial score (nSPS) is 10.5. The molecule has 144 valence electrons. The number of hydrogen-bond donors (Lipinski definition) is 1. The molecule has 0 aliphatic heterocycles. The summed E-state index contributed by atoms with van der Waals surface area (Å²) >= 11 is 0. The zero-order valence-electron chi connectivity index (χ0n) is 15.3. The number of furan rings is 1. The van der Waals surface area contributed by atoms with Crippen LogP contribution in [0.25, 0.3) is 11.0 Å². The van der Waals surface area contributed by atoms with Gasteiger partial charge in [-0.3, -0.25) is 4.79 Å². The molecule has 1 heterocycles. The highest BCUT2D eigenvalue weighted by molar-refractivity contribution is 5.97. The second kappa shape index (κ2) is 8.85. The molecule has 3 aromatic rings. The summed E-state index contributed by atoms with van der Waals surface area (Å²) in [5.74, 6) is -1.62. The molecule has 1 aromatic heterocycles. The fourth-order valence-electron chi connectivity index (χ4n) is 2.45. The molecule has 3 rings (SSSR count). The molecule has 7 heteroatoms. The van der Waals surface area contributed by atoms with Gasteiger partial charge in [-0.15, -0.1) is 0 Å². The van der Waals surface area contributed by atoms with Crippen LogP contribution in [0.1, 0.15) is 34.3 Å². The van der Waals surface area contributed by atoms with Gasteiger partial charge in [0.2, 0.25) is 5.76 Å². The summed E-state index contributed by atoms with van der Waals surface area (Å²) in [7, 11) is 0. The molecule has 0 fully saturated rings. The molecule has 0 spiro atoms. The number of fused-ring (bicyclic) bond motifs is 1. The van der Waals surface area contributed by atoms with Gasteiger partial charge in [0, 0.05) is 11.1 Å². The number of carbonyl (C=O) groups excluding carboxylic acids is 3. The number of para-hydroxylation sites is 1. The third kappa shape index (κ3) is 4.76. The maximum atomic E-state index is 12.0. The summed E-state index contributed by atoms with van der Waals surface area (Å²) in [5.41, 5.74) is 1.43. The van der Waals surface area contributed by atoms with Crippen molar-refractivity contribution in [3.63, 3.8) is 0 Å². The van der Waals surface area contributed by atoms with Gasteiger partial charge in [-0.25, -0.2) is 9.59 Å². The first kappa shape index (κ1) is 19.2. The zero-order chi connectivity index (χ0) is 19.9. The van der Waals surface area contributed by atoms with Gasteiger partial charge in [-0.1, -0.05) is 25.1 Å². The van der Waals surface area contributed by atoms with Gasteiger partial charge in [0.1, 0.15) is 5.58 Å². The first-order chi connectivity index (χ1) is 13.6. The lowest BCUT2D eigenvalue weighted by Crippen LogP contribution is -2.20. The highest BCUT2D eigenvalue weighted by atomic mass is 16.5. The number of hydrogen-bond acceptors (Lipinski definition) is 6. The number of rotatable bonds is 7. The minimum Gasteiger partial charge on any atom is -0.462 e. The number of amides is 1. The Labute approximate surface area is 161 Å². The van der Waals surface area contributed by atoms with Gasteiger partial charge in [0.15, 0.2) is 6.61 Å². The molecular formula is C21H19NO6. The van der Waals surface area contributed by atoms with Crippen LogP contribution in [0.2, 0.25) is 0 Å². The van der Waals surface area contributed by atoms with Crippen molar-refractivity contribution in [3.8, 4) is 0 Å². The van der Waals surface area contributed by atoms with E-state index in [1.165, 1.54) is 0 Å². The van der Waals surface area contributed by atoms with Crippen LogP contribution in [-0.2, 0) is 14.3 Å². The fourth-order valence-corrected chi connectivity index (χ4v) is 2.45. The lowest BCUT2D eigenvalue weighted by Gasteiger charge is -2.07. The number of carbonyl (C=O) groups is 3. The van der Waals surface area contributed by atoms with Gasteiger partial charge in [0.25, 0.3) is 5.91 Å². The molecule has 0 atom stereocenters. The largest absolute Gasteiger partial charge is 0.462 e. The topological polar surface area (TPSA) is 94.8 Å². The Morgan fingerprint density at radius 2 is 1.71 bits per heavy atom. The molecule has 0 radical (unpaired) electrons. The van der Waals surface area contributed by atoms with Crippen LogP contribution in [-0.4, -0.2) is 31.1 Å². The Morgan fingerprint density at radius 3 is 2.43 bits per heavy atom. The molecule has 1 N–H and O–H groups in total. The lowest BCUT2D eigenvalue weighted by molar-refractivity contribution is -0.119. The van der Waals surface area contributed by atoms with Gasteiger partial charge in [0.05, 0.1) is 12.2 Å². The van der Waals surface area contributed by atoms with E-state index < -0.39 is 24.5 Å². The number of anilines is 1. The molecule has 7 nitrogen and oxygen atoms in total. The van der Waals surface area contributed by atoms with E-state index in [-0.39, 0.29) is 5.76 Å². The summed E-state index contributed by atoms with van der Waals surface area (Å²) in [6.45, 7) is 1.80. The smallest absolute Gasteiger partial charge is 0.374 e. The third-order valence-corrected chi connectivity index (χ3v) is 3.80. The summed E-state index contributed by atoms with van der Waals surface area (Å²) < 4.78 is 15.4. The zero-order valence-corrected chi connectivity index (χ0v) is 15.3. The van der Waals surface area contributed by atoms with Crippen molar-refractivity contribution in [1.82, 2.24) is 0 Å². The van der Waals surface area contributed by atoms with Crippen molar-refractivity contribution in [2.75, 3.05) is 18.5 Å². The van der Waals surface area contributed by atoms with Crippen molar-refractivity contribution >= 4 is 34.5 Å². The standard InChI is InChI=1S/C21H19NO6/c1-2-11-26-20(24)14-7-9-16(10-8-14)22-19(23)13-27-21(25)18-12-15-5-3-4-6-17(15)28-18/h3-10,12H,2,11,13H2,1H3,(H,22,23). The Balaban J connectivity index is 1.51. The van der Waals surface area contributed by atoms with Gasteiger partial charge < -0.3 is 19.2 Å². The van der Waals surface area contributed by atoms with E-state index in [1.54, 1.807) is 42.5 Å². The van der Waals surface area contributed by atoms with Crippen LogP contribution in [0, 0.1) is 0 Å². The molecule has 0 bridgehead atoms. The second-order valence-electron chi connectivity index (χ2n) is 5.99.